The highest BCUT2D eigenvalue weighted by atomic mass is 16.5. The van der Waals surface area contributed by atoms with Gasteiger partial charge in [0.05, 0.1) is 13.7 Å². The maximum absolute atomic E-state index is 11.9. The number of ether oxygens (including phenoxy) is 3. The largest absolute Gasteiger partial charge is 0.497 e. The molecule has 1 amide bonds. The number of hydrogen-bond acceptors (Lipinski definition) is 5. The molecule has 2 N–H and O–H groups in total. The number of hydrogen-bond donors (Lipinski definition) is 2. The Kier molecular flexibility index (Phi) is 7.56. The third kappa shape index (κ3) is 5.61. The molecule has 0 saturated heterocycles. The van der Waals surface area contributed by atoms with Gasteiger partial charge in [0.1, 0.15) is 11.5 Å². The molecule has 0 aliphatic carbocycles. The van der Waals surface area contributed by atoms with Crippen LogP contribution in [0.2, 0.25) is 0 Å². The molecule has 0 aliphatic rings. The molecular weight excluding hydrogens is 272 g/mol. The summed E-state index contributed by atoms with van der Waals surface area (Å²) >= 11 is 0. The number of nitrogens with one attached hydrogen (secondary N) is 2. The van der Waals surface area contributed by atoms with Crippen LogP contribution in [0.3, 0.4) is 0 Å². The van der Waals surface area contributed by atoms with E-state index in [0.29, 0.717) is 31.2 Å². The molecule has 1 unspecified atom stereocenters. The molecule has 1 aromatic rings. The predicted octanol–water partition coefficient (Wildman–Crippen LogP) is 0.945. The van der Waals surface area contributed by atoms with Crippen LogP contribution < -0.4 is 20.1 Å². The van der Waals surface area contributed by atoms with Gasteiger partial charge in [-0.3, -0.25) is 4.79 Å². The van der Waals surface area contributed by atoms with Gasteiger partial charge in [-0.25, -0.2) is 0 Å². The van der Waals surface area contributed by atoms with Crippen LogP contribution in [-0.4, -0.2) is 46.4 Å². The maximum atomic E-state index is 11.9. The standard InChI is InChI=1S/C15H24N2O4/c1-11(15(18)17-7-8-19-3)21-14-9-13(20-4)6-5-12(14)10-16-2/h5-6,9,11,16H,7-8,10H2,1-4H3,(H,17,18). The zero-order valence-electron chi connectivity index (χ0n) is 13.1. The molecule has 118 valence electrons. The highest BCUT2D eigenvalue weighted by Crippen LogP contribution is 2.25. The van der Waals surface area contributed by atoms with Gasteiger partial charge >= 0.3 is 0 Å². The van der Waals surface area contributed by atoms with E-state index in [-0.39, 0.29) is 5.91 Å². The smallest absolute Gasteiger partial charge is 0.260 e. The van der Waals surface area contributed by atoms with Crippen LogP contribution in [0.15, 0.2) is 18.2 Å². The Balaban J connectivity index is 2.72. The van der Waals surface area contributed by atoms with Crippen LogP contribution in [0.25, 0.3) is 0 Å². The second-order valence-corrected chi connectivity index (χ2v) is 4.55. The van der Waals surface area contributed by atoms with Crippen LogP contribution in [0.5, 0.6) is 11.5 Å². The fourth-order valence-corrected chi connectivity index (χ4v) is 1.77. The molecule has 0 bridgehead atoms. The third-order valence-corrected chi connectivity index (χ3v) is 2.92. The van der Waals surface area contributed by atoms with E-state index >= 15 is 0 Å². The summed E-state index contributed by atoms with van der Waals surface area (Å²) in [4.78, 5) is 11.9. The van der Waals surface area contributed by atoms with Gasteiger partial charge in [-0.1, -0.05) is 6.07 Å². The van der Waals surface area contributed by atoms with Gasteiger partial charge in [-0.05, 0) is 20.0 Å². The van der Waals surface area contributed by atoms with Crippen LogP contribution in [-0.2, 0) is 16.1 Å². The normalized spacial score (nSPS) is 11.8. The molecule has 0 radical (unpaired) electrons. The van der Waals surface area contributed by atoms with Gasteiger partial charge in [-0.15, -0.1) is 0 Å². The zero-order valence-corrected chi connectivity index (χ0v) is 13.1. The molecule has 6 heteroatoms. The fraction of sp³-hybridized carbons (Fsp3) is 0.533. The van der Waals surface area contributed by atoms with Gasteiger partial charge < -0.3 is 24.8 Å². The molecule has 1 atom stereocenters. The van der Waals surface area contributed by atoms with Crippen molar-refractivity contribution in [3.8, 4) is 11.5 Å². The Bertz CT molecular complexity index is 451. The summed E-state index contributed by atoms with van der Waals surface area (Å²) in [5.41, 5.74) is 0.967. The first-order valence-corrected chi connectivity index (χ1v) is 6.87. The van der Waals surface area contributed by atoms with Gasteiger partial charge in [0.15, 0.2) is 6.10 Å². The number of benzene rings is 1. The second-order valence-electron chi connectivity index (χ2n) is 4.55. The molecule has 0 spiro atoms. The lowest BCUT2D eigenvalue weighted by Crippen LogP contribution is -2.38. The van der Waals surface area contributed by atoms with E-state index in [1.165, 1.54) is 0 Å². The van der Waals surface area contributed by atoms with E-state index in [0.717, 1.165) is 5.56 Å². The summed E-state index contributed by atoms with van der Waals surface area (Å²) in [6.07, 6.45) is -0.593. The van der Waals surface area contributed by atoms with E-state index in [4.69, 9.17) is 14.2 Å². The van der Waals surface area contributed by atoms with Crippen molar-refractivity contribution in [2.24, 2.45) is 0 Å². The topological polar surface area (TPSA) is 68.8 Å². The Morgan fingerprint density at radius 2 is 2.10 bits per heavy atom. The Morgan fingerprint density at radius 1 is 1.33 bits per heavy atom. The van der Waals surface area contributed by atoms with Crippen LogP contribution in [0, 0.1) is 0 Å². The van der Waals surface area contributed by atoms with Crippen molar-refractivity contribution in [3.63, 3.8) is 0 Å². The summed E-state index contributed by atoms with van der Waals surface area (Å²) in [6, 6.07) is 5.56. The first-order valence-electron chi connectivity index (χ1n) is 6.87. The first kappa shape index (κ1) is 17.3. The Hall–Kier alpha value is -1.79. The average molecular weight is 296 g/mol. The number of carbonyl (C=O) groups excluding carboxylic acids is 1. The highest BCUT2D eigenvalue weighted by Gasteiger charge is 2.16. The molecule has 0 fully saturated rings. The summed E-state index contributed by atoms with van der Waals surface area (Å²) in [6.45, 7) is 3.30. The van der Waals surface area contributed by atoms with E-state index in [1.54, 1.807) is 27.2 Å². The monoisotopic (exact) mass is 296 g/mol. The number of amides is 1. The molecule has 0 aliphatic heterocycles. The lowest BCUT2D eigenvalue weighted by molar-refractivity contribution is -0.127. The minimum absolute atomic E-state index is 0.176. The minimum atomic E-state index is -0.593. The third-order valence-electron chi connectivity index (χ3n) is 2.92. The lowest BCUT2D eigenvalue weighted by atomic mass is 10.2. The summed E-state index contributed by atoms with van der Waals surface area (Å²) in [5.74, 6) is 1.15. The SMILES string of the molecule is CNCc1ccc(OC)cc1OC(C)C(=O)NCCOC. The molecule has 0 saturated carbocycles. The van der Waals surface area contributed by atoms with Crippen molar-refractivity contribution >= 4 is 5.91 Å². The summed E-state index contributed by atoms with van der Waals surface area (Å²) < 4.78 is 15.8. The first-order chi connectivity index (χ1) is 10.1. The van der Waals surface area contributed by atoms with E-state index in [1.807, 2.05) is 19.2 Å². The van der Waals surface area contributed by atoms with Crippen molar-refractivity contribution in [2.45, 2.75) is 19.6 Å². The Morgan fingerprint density at radius 3 is 2.71 bits per heavy atom. The quantitative estimate of drug-likeness (QED) is 0.664. The number of rotatable bonds is 9. The number of methoxy groups -OCH3 is 2. The van der Waals surface area contributed by atoms with Gasteiger partial charge in [0, 0.05) is 31.8 Å². The highest BCUT2D eigenvalue weighted by molar-refractivity contribution is 5.80. The zero-order chi connectivity index (χ0) is 15.7. The van der Waals surface area contributed by atoms with Gasteiger partial charge in [-0.2, -0.15) is 0 Å². The Labute approximate surface area is 125 Å². The second kappa shape index (κ2) is 9.20. The van der Waals surface area contributed by atoms with Crippen LogP contribution in [0.4, 0.5) is 0 Å². The molecule has 21 heavy (non-hydrogen) atoms. The minimum Gasteiger partial charge on any atom is -0.497 e. The average Bonchev–Trinajstić information content (AvgIpc) is 2.49. The van der Waals surface area contributed by atoms with Crippen molar-refractivity contribution in [2.75, 3.05) is 34.4 Å². The summed E-state index contributed by atoms with van der Waals surface area (Å²) in [7, 11) is 5.04. The summed E-state index contributed by atoms with van der Waals surface area (Å²) in [5, 5.41) is 5.82. The van der Waals surface area contributed by atoms with E-state index < -0.39 is 6.10 Å². The van der Waals surface area contributed by atoms with E-state index in [2.05, 4.69) is 10.6 Å². The number of carbonyl (C=O) groups is 1. The molecule has 1 rings (SSSR count). The van der Waals surface area contributed by atoms with Gasteiger partial charge in [0.25, 0.3) is 5.91 Å². The lowest BCUT2D eigenvalue weighted by Gasteiger charge is -2.18. The molecule has 1 aromatic carbocycles. The predicted molar refractivity (Wildman–Crippen MR) is 80.7 cm³/mol. The van der Waals surface area contributed by atoms with E-state index in [9.17, 15) is 4.79 Å². The van der Waals surface area contributed by atoms with Gasteiger partial charge in [0.2, 0.25) is 0 Å². The van der Waals surface area contributed by atoms with Crippen LogP contribution in [0.1, 0.15) is 12.5 Å². The molecule has 0 aromatic heterocycles. The molecule has 6 nitrogen and oxygen atoms in total. The van der Waals surface area contributed by atoms with Crippen molar-refractivity contribution < 1.29 is 19.0 Å². The fourth-order valence-electron chi connectivity index (χ4n) is 1.77. The van der Waals surface area contributed by atoms with Crippen LogP contribution >= 0.6 is 0 Å². The molecule has 0 heterocycles. The maximum Gasteiger partial charge on any atom is 0.260 e. The van der Waals surface area contributed by atoms with Crippen molar-refractivity contribution in [1.29, 1.82) is 0 Å². The van der Waals surface area contributed by atoms with Crippen molar-refractivity contribution in [3.05, 3.63) is 23.8 Å². The van der Waals surface area contributed by atoms with Crippen molar-refractivity contribution in [1.82, 2.24) is 10.6 Å². The molecular formula is C15H24N2O4.